The van der Waals surface area contributed by atoms with Crippen LogP contribution < -0.4 is 5.56 Å². The highest BCUT2D eigenvalue weighted by molar-refractivity contribution is 7.80. The van der Waals surface area contributed by atoms with E-state index in [1.807, 2.05) is 0 Å². The van der Waals surface area contributed by atoms with Crippen LogP contribution in [0.4, 0.5) is 0 Å². The van der Waals surface area contributed by atoms with E-state index in [4.69, 9.17) is 11.6 Å². The van der Waals surface area contributed by atoms with Gasteiger partial charge in [-0.15, -0.1) is 0 Å². The van der Waals surface area contributed by atoms with Gasteiger partial charge in [-0.3, -0.25) is 4.79 Å². The van der Waals surface area contributed by atoms with E-state index in [0.29, 0.717) is 11.3 Å². The first-order valence-electron chi connectivity index (χ1n) is 3.22. The molecule has 0 aliphatic carbocycles. The van der Waals surface area contributed by atoms with E-state index in [0.717, 1.165) is 0 Å². The minimum Gasteiger partial charge on any atom is -0.327 e. The molecule has 0 saturated heterocycles. The van der Waals surface area contributed by atoms with Crippen LogP contribution in [0.3, 0.4) is 0 Å². The Kier molecular flexibility index (Phi) is 3.27. The summed E-state index contributed by atoms with van der Waals surface area (Å²) in [6, 6.07) is 1.52. The maximum Gasteiger partial charge on any atom is 0.266 e. The summed E-state index contributed by atoms with van der Waals surface area (Å²) in [5.74, 6) is 6.01. The molecule has 0 unspecified atom stereocenters. The normalized spacial score (nSPS) is 8.83. The fraction of sp³-hybridized carbons (Fsp3) is 0.125. The van der Waals surface area contributed by atoms with Gasteiger partial charge in [-0.25, -0.2) is 0 Å². The lowest BCUT2D eigenvalue weighted by atomic mass is 10.3. The molecule has 1 rings (SSSR count). The number of hydrogen-bond acceptors (Lipinski definition) is 2. The topological polar surface area (TPSA) is 32.9 Å². The number of aromatic nitrogens is 1. The van der Waals surface area contributed by atoms with Crippen molar-refractivity contribution in [1.29, 1.82) is 0 Å². The molecule has 0 saturated carbocycles. The van der Waals surface area contributed by atoms with E-state index in [1.54, 1.807) is 0 Å². The van der Waals surface area contributed by atoms with Gasteiger partial charge in [-0.05, 0) is 6.07 Å². The highest BCUT2D eigenvalue weighted by Gasteiger charge is 1.94. The maximum absolute atomic E-state index is 10.8. The fourth-order valence-electron chi connectivity index (χ4n) is 0.670. The van der Waals surface area contributed by atoms with Crippen LogP contribution in [0, 0.1) is 11.8 Å². The number of H-pyrrole nitrogens is 1. The zero-order valence-electron chi connectivity index (χ0n) is 6.10. The summed E-state index contributed by atoms with van der Waals surface area (Å²) in [6.45, 7) is 0. The molecule has 0 atom stereocenters. The van der Waals surface area contributed by atoms with Gasteiger partial charge in [0.15, 0.2) is 0 Å². The maximum atomic E-state index is 10.8. The fourth-order valence-corrected chi connectivity index (χ4v) is 0.921. The SMILES string of the molecule is O=c1[nH]cc(C#CCS)cc1Cl. The lowest BCUT2D eigenvalue weighted by Gasteiger charge is -1.89. The van der Waals surface area contributed by atoms with Crippen molar-refractivity contribution >= 4 is 24.2 Å². The molecule has 0 aliphatic rings. The number of rotatable bonds is 0. The summed E-state index contributed by atoms with van der Waals surface area (Å²) in [6.07, 6.45) is 1.52. The predicted octanol–water partition coefficient (Wildman–Crippen LogP) is 1.31. The molecule has 1 aromatic heterocycles. The van der Waals surface area contributed by atoms with Crippen LogP contribution in [0.5, 0.6) is 0 Å². The molecule has 0 aromatic carbocycles. The summed E-state index contributed by atoms with van der Waals surface area (Å²) >= 11 is 9.48. The Bertz CT molecular complexity index is 388. The Morgan fingerprint density at radius 3 is 3.00 bits per heavy atom. The number of thiol groups is 1. The first-order valence-corrected chi connectivity index (χ1v) is 4.23. The average molecular weight is 200 g/mol. The molecule has 62 valence electrons. The molecule has 2 nitrogen and oxygen atoms in total. The first-order chi connectivity index (χ1) is 5.74. The molecule has 0 bridgehead atoms. The van der Waals surface area contributed by atoms with Gasteiger partial charge < -0.3 is 4.98 Å². The van der Waals surface area contributed by atoms with Gasteiger partial charge in [0.25, 0.3) is 5.56 Å². The van der Waals surface area contributed by atoms with Crippen LogP contribution in [0.15, 0.2) is 17.1 Å². The Labute approximate surface area is 80.4 Å². The van der Waals surface area contributed by atoms with Crippen molar-refractivity contribution in [3.63, 3.8) is 0 Å². The van der Waals surface area contributed by atoms with E-state index in [9.17, 15) is 4.79 Å². The monoisotopic (exact) mass is 199 g/mol. The minimum atomic E-state index is -0.298. The van der Waals surface area contributed by atoms with E-state index in [1.165, 1.54) is 12.3 Å². The van der Waals surface area contributed by atoms with Gasteiger partial charge in [-0.1, -0.05) is 23.4 Å². The number of nitrogens with one attached hydrogen (secondary N) is 1. The lowest BCUT2D eigenvalue weighted by Crippen LogP contribution is -2.04. The minimum absolute atomic E-state index is 0.154. The van der Waals surface area contributed by atoms with E-state index < -0.39 is 0 Å². The van der Waals surface area contributed by atoms with E-state index in [-0.39, 0.29) is 10.6 Å². The van der Waals surface area contributed by atoms with Gasteiger partial charge in [0.2, 0.25) is 0 Å². The number of halogens is 1. The van der Waals surface area contributed by atoms with Gasteiger partial charge in [0.05, 0.1) is 5.75 Å². The Morgan fingerprint density at radius 1 is 1.67 bits per heavy atom. The molecule has 4 heteroatoms. The molecule has 1 N–H and O–H groups in total. The van der Waals surface area contributed by atoms with Crippen molar-refractivity contribution < 1.29 is 0 Å². The summed E-state index contributed by atoms with van der Waals surface area (Å²) in [5, 5.41) is 0.154. The summed E-state index contributed by atoms with van der Waals surface area (Å²) < 4.78 is 0. The van der Waals surface area contributed by atoms with Crippen molar-refractivity contribution in [2.24, 2.45) is 0 Å². The summed E-state index contributed by atoms with van der Waals surface area (Å²) in [4.78, 5) is 13.3. The second kappa shape index (κ2) is 4.24. The van der Waals surface area contributed by atoms with Gasteiger partial charge in [0, 0.05) is 11.8 Å². The molecule has 1 aromatic rings. The third-order valence-corrected chi connectivity index (χ3v) is 1.61. The molecule has 1 heterocycles. The van der Waals surface area contributed by atoms with Crippen molar-refractivity contribution in [1.82, 2.24) is 4.98 Å². The van der Waals surface area contributed by atoms with Crippen LogP contribution in [0.25, 0.3) is 0 Å². The zero-order valence-corrected chi connectivity index (χ0v) is 7.75. The molecule has 0 amide bonds. The van der Waals surface area contributed by atoms with Crippen molar-refractivity contribution in [3.05, 3.63) is 33.2 Å². The molecule has 0 spiro atoms. The Balaban J connectivity index is 3.05. The van der Waals surface area contributed by atoms with Crippen LogP contribution in [0.2, 0.25) is 5.02 Å². The highest BCUT2D eigenvalue weighted by atomic mass is 35.5. The van der Waals surface area contributed by atoms with Crippen LogP contribution >= 0.6 is 24.2 Å². The van der Waals surface area contributed by atoms with Crippen molar-refractivity contribution in [2.75, 3.05) is 5.75 Å². The largest absolute Gasteiger partial charge is 0.327 e. The van der Waals surface area contributed by atoms with E-state index >= 15 is 0 Å². The molecule has 0 aliphatic heterocycles. The second-order valence-corrected chi connectivity index (χ2v) is 2.75. The van der Waals surface area contributed by atoms with Gasteiger partial charge >= 0.3 is 0 Å². The Morgan fingerprint density at radius 2 is 2.42 bits per heavy atom. The Hall–Kier alpha value is -0.850. The number of aromatic amines is 1. The van der Waals surface area contributed by atoms with Gasteiger partial charge in [0.1, 0.15) is 5.02 Å². The summed E-state index contributed by atoms with van der Waals surface area (Å²) in [7, 11) is 0. The molecular formula is C8H6ClNOS. The number of pyridine rings is 1. The van der Waals surface area contributed by atoms with Crippen molar-refractivity contribution in [3.8, 4) is 11.8 Å². The third-order valence-electron chi connectivity index (χ3n) is 1.17. The molecule has 12 heavy (non-hydrogen) atoms. The standard InChI is InChI=1S/C8H6ClNOS/c9-7-4-6(2-1-3-12)5-10-8(7)11/h4-5,12H,3H2,(H,10,11). The molecule has 0 radical (unpaired) electrons. The molecule has 0 fully saturated rings. The zero-order chi connectivity index (χ0) is 8.97. The van der Waals surface area contributed by atoms with Crippen LogP contribution in [0.1, 0.15) is 5.56 Å². The lowest BCUT2D eigenvalue weighted by molar-refractivity contribution is 1.23. The highest BCUT2D eigenvalue weighted by Crippen LogP contribution is 2.01. The third kappa shape index (κ3) is 2.33. The number of hydrogen-bond donors (Lipinski definition) is 2. The predicted molar refractivity (Wildman–Crippen MR) is 52.8 cm³/mol. The smallest absolute Gasteiger partial charge is 0.266 e. The van der Waals surface area contributed by atoms with Crippen LogP contribution in [-0.2, 0) is 0 Å². The summed E-state index contributed by atoms with van der Waals surface area (Å²) in [5.41, 5.74) is 0.391. The first kappa shape index (κ1) is 9.24. The molecular weight excluding hydrogens is 194 g/mol. The van der Waals surface area contributed by atoms with Crippen molar-refractivity contribution in [2.45, 2.75) is 0 Å². The van der Waals surface area contributed by atoms with Gasteiger partial charge in [-0.2, -0.15) is 12.6 Å². The second-order valence-electron chi connectivity index (χ2n) is 2.03. The van der Waals surface area contributed by atoms with E-state index in [2.05, 4.69) is 29.5 Å². The average Bonchev–Trinajstić information content (AvgIpc) is 2.07. The van der Waals surface area contributed by atoms with Crippen LogP contribution in [-0.4, -0.2) is 10.7 Å². The quantitative estimate of drug-likeness (QED) is 0.480.